The standard InChI is InChI=1S/C14H16BrN3O/c1-3-11-14(15)12(18(4-2)17-11)8-13(19)10-6-5-7-16-9-10/h5-7,9H,3-4,8H2,1-2H3. The van der Waals surface area contributed by atoms with Crippen molar-refractivity contribution in [3.05, 3.63) is 46.0 Å². The van der Waals surface area contributed by atoms with Gasteiger partial charge in [0.05, 0.1) is 22.3 Å². The van der Waals surface area contributed by atoms with Crippen molar-refractivity contribution in [2.24, 2.45) is 0 Å². The second-order valence-electron chi connectivity index (χ2n) is 4.22. The maximum Gasteiger partial charge on any atom is 0.170 e. The molecule has 2 rings (SSSR count). The van der Waals surface area contributed by atoms with E-state index in [1.165, 1.54) is 0 Å². The summed E-state index contributed by atoms with van der Waals surface area (Å²) in [6.45, 7) is 4.84. The first-order chi connectivity index (χ1) is 9.17. The molecule has 0 aliphatic heterocycles. The number of aryl methyl sites for hydroxylation is 2. The Morgan fingerprint density at radius 2 is 2.21 bits per heavy atom. The predicted molar refractivity (Wildman–Crippen MR) is 77.3 cm³/mol. The molecular formula is C14H16BrN3O. The van der Waals surface area contributed by atoms with Crippen LogP contribution in [0.15, 0.2) is 29.0 Å². The summed E-state index contributed by atoms with van der Waals surface area (Å²) in [6.07, 6.45) is 4.45. The highest BCUT2D eigenvalue weighted by Gasteiger charge is 2.17. The molecule has 0 atom stereocenters. The second kappa shape index (κ2) is 6.10. The second-order valence-corrected chi connectivity index (χ2v) is 5.01. The fourth-order valence-electron chi connectivity index (χ4n) is 1.97. The Hall–Kier alpha value is -1.49. The van der Waals surface area contributed by atoms with E-state index in [1.54, 1.807) is 24.5 Å². The van der Waals surface area contributed by atoms with Gasteiger partial charge in [-0.2, -0.15) is 5.10 Å². The zero-order chi connectivity index (χ0) is 13.8. The van der Waals surface area contributed by atoms with Crippen molar-refractivity contribution in [2.75, 3.05) is 0 Å². The van der Waals surface area contributed by atoms with Crippen LogP contribution in [0.3, 0.4) is 0 Å². The number of hydrogen-bond acceptors (Lipinski definition) is 3. The lowest BCUT2D eigenvalue weighted by atomic mass is 10.1. The van der Waals surface area contributed by atoms with Gasteiger partial charge in [-0.1, -0.05) is 6.92 Å². The molecule has 0 fully saturated rings. The molecule has 0 saturated heterocycles. The third-order valence-electron chi connectivity index (χ3n) is 3.01. The lowest BCUT2D eigenvalue weighted by Gasteiger charge is -2.04. The minimum atomic E-state index is 0.0612. The number of rotatable bonds is 5. The molecule has 0 aliphatic carbocycles. The van der Waals surface area contributed by atoms with Gasteiger partial charge >= 0.3 is 0 Å². The minimum Gasteiger partial charge on any atom is -0.294 e. The Morgan fingerprint density at radius 1 is 1.42 bits per heavy atom. The van der Waals surface area contributed by atoms with Crippen LogP contribution in [0.4, 0.5) is 0 Å². The highest BCUT2D eigenvalue weighted by molar-refractivity contribution is 9.10. The highest BCUT2D eigenvalue weighted by Crippen LogP contribution is 2.23. The highest BCUT2D eigenvalue weighted by atomic mass is 79.9. The van der Waals surface area contributed by atoms with E-state index in [1.807, 2.05) is 11.6 Å². The number of ketones is 1. The van der Waals surface area contributed by atoms with E-state index in [4.69, 9.17) is 0 Å². The largest absolute Gasteiger partial charge is 0.294 e. The number of aromatic nitrogens is 3. The van der Waals surface area contributed by atoms with Gasteiger partial charge in [0, 0.05) is 24.5 Å². The van der Waals surface area contributed by atoms with E-state index < -0.39 is 0 Å². The number of carbonyl (C=O) groups is 1. The van der Waals surface area contributed by atoms with Crippen molar-refractivity contribution < 1.29 is 4.79 Å². The summed E-state index contributed by atoms with van der Waals surface area (Å²) < 4.78 is 2.84. The molecule has 2 heterocycles. The van der Waals surface area contributed by atoms with Crippen LogP contribution in [0.5, 0.6) is 0 Å². The molecule has 0 bridgehead atoms. The van der Waals surface area contributed by atoms with Crippen molar-refractivity contribution in [2.45, 2.75) is 33.2 Å². The molecule has 0 saturated carbocycles. The number of nitrogens with zero attached hydrogens (tertiary/aromatic N) is 3. The SMILES string of the molecule is CCc1nn(CC)c(CC(=O)c2cccnc2)c1Br. The first-order valence-electron chi connectivity index (χ1n) is 6.34. The smallest absolute Gasteiger partial charge is 0.170 e. The average Bonchev–Trinajstić information content (AvgIpc) is 2.76. The summed E-state index contributed by atoms with van der Waals surface area (Å²) in [6, 6.07) is 3.56. The van der Waals surface area contributed by atoms with E-state index in [0.717, 1.165) is 28.8 Å². The zero-order valence-corrected chi connectivity index (χ0v) is 12.6. The monoisotopic (exact) mass is 321 g/mol. The topological polar surface area (TPSA) is 47.8 Å². The van der Waals surface area contributed by atoms with Crippen molar-refractivity contribution >= 4 is 21.7 Å². The molecule has 4 nitrogen and oxygen atoms in total. The summed E-state index contributed by atoms with van der Waals surface area (Å²) in [5.74, 6) is 0.0612. The lowest BCUT2D eigenvalue weighted by molar-refractivity contribution is 0.0990. The Morgan fingerprint density at radius 3 is 2.79 bits per heavy atom. The number of Topliss-reactive ketones (excluding diaryl/α,β-unsaturated/α-hetero) is 1. The van der Waals surface area contributed by atoms with Crippen LogP contribution < -0.4 is 0 Å². The van der Waals surface area contributed by atoms with Crippen LogP contribution in [-0.2, 0) is 19.4 Å². The van der Waals surface area contributed by atoms with Crippen molar-refractivity contribution in [1.82, 2.24) is 14.8 Å². The van der Waals surface area contributed by atoms with Gasteiger partial charge in [0.15, 0.2) is 5.78 Å². The number of pyridine rings is 1. The molecule has 0 radical (unpaired) electrons. The average molecular weight is 322 g/mol. The maximum absolute atomic E-state index is 12.2. The molecule has 0 N–H and O–H groups in total. The van der Waals surface area contributed by atoms with Crippen LogP contribution in [0.1, 0.15) is 35.6 Å². The summed E-state index contributed by atoms with van der Waals surface area (Å²) in [5, 5.41) is 4.50. The lowest BCUT2D eigenvalue weighted by Crippen LogP contribution is -2.10. The number of hydrogen-bond donors (Lipinski definition) is 0. The van der Waals surface area contributed by atoms with Gasteiger partial charge in [-0.05, 0) is 41.4 Å². The Kier molecular flexibility index (Phi) is 4.47. The Bertz CT molecular complexity index is 578. The van der Waals surface area contributed by atoms with Gasteiger partial charge in [0.2, 0.25) is 0 Å². The molecule has 19 heavy (non-hydrogen) atoms. The molecule has 0 amide bonds. The third kappa shape index (κ3) is 2.92. The normalized spacial score (nSPS) is 10.7. The minimum absolute atomic E-state index is 0.0612. The van der Waals surface area contributed by atoms with E-state index in [0.29, 0.717) is 12.0 Å². The first-order valence-corrected chi connectivity index (χ1v) is 7.13. The fourth-order valence-corrected chi connectivity index (χ4v) is 2.67. The molecule has 5 heteroatoms. The van der Waals surface area contributed by atoms with Crippen molar-refractivity contribution in [3.63, 3.8) is 0 Å². The maximum atomic E-state index is 12.2. The molecule has 0 aliphatic rings. The third-order valence-corrected chi connectivity index (χ3v) is 3.92. The predicted octanol–water partition coefficient (Wildman–Crippen LogP) is 3.05. The van der Waals surface area contributed by atoms with Crippen LogP contribution in [0.2, 0.25) is 0 Å². The summed E-state index contributed by atoms with van der Waals surface area (Å²) >= 11 is 3.55. The van der Waals surface area contributed by atoms with Gasteiger partial charge < -0.3 is 0 Å². The molecule has 2 aromatic heterocycles. The van der Waals surface area contributed by atoms with Crippen LogP contribution >= 0.6 is 15.9 Å². The summed E-state index contributed by atoms with van der Waals surface area (Å²) in [5.41, 5.74) is 2.57. The number of carbonyl (C=O) groups excluding carboxylic acids is 1. The zero-order valence-electron chi connectivity index (χ0n) is 11.1. The number of halogens is 1. The summed E-state index contributed by atoms with van der Waals surface area (Å²) in [4.78, 5) is 16.2. The van der Waals surface area contributed by atoms with E-state index in [-0.39, 0.29) is 5.78 Å². The first kappa shape index (κ1) is 13.9. The molecule has 0 spiro atoms. The molecule has 0 unspecified atom stereocenters. The summed E-state index contributed by atoms with van der Waals surface area (Å²) in [7, 11) is 0. The van der Waals surface area contributed by atoms with Gasteiger partial charge in [0.25, 0.3) is 0 Å². The molecular weight excluding hydrogens is 306 g/mol. The Labute approximate surface area is 121 Å². The van der Waals surface area contributed by atoms with Gasteiger partial charge in [-0.25, -0.2) is 0 Å². The van der Waals surface area contributed by atoms with Crippen LogP contribution in [-0.4, -0.2) is 20.5 Å². The molecule has 2 aromatic rings. The van der Waals surface area contributed by atoms with E-state index in [2.05, 4.69) is 32.9 Å². The van der Waals surface area contributed by atoms with Crippen LogP contribution in [0, 0.1) is 0 Å². The molecule has 0 aromatic carbocycles. The van der Waals surface area contributed by atoms with E-state index in [9.17, 15) is 4.79 Å². The van der Waals surface area contributed by atoms with Crippen LogP contribution in [0.25, 0.3) is 0 Å². The quantitative estimate of drug-likeness (QED) is 0.795. The fraction of sp³-hybridized carbons (Fsp3) is 0.357. The Balaban J connectivity index is 2.28. The van der Waals surface area contributed by atoms with Gasteiger partial charge in [0.1, 0.15) is 0 Å². The van der Waals surface area contributed by atoms with Gasteiger partial charge in [-0.15, -0.1) is 0 Å². The van der Waals surface area contributed by atoms with Gasteiger partial charge in [-0.3, -0.25) is 14.5 Å². The van der Waals surface area contributed by atoms with Crippen molar-refractivity contribution in [1.29, 1.82) is 0 Å². The van der Waals surface area contributed by atoms with Crippen molar-refractivity contribution in [3.8, 4) is 0 Å². The van der Waals surface area contributed by atoms with E-state index >= 15 is 0 Å². The molecule has 100 valence electrons.